The van der Waals surface area contributed by atoms with Crippen LogP contribution in [0.3, 0.4) is 0 Å². The molecule has 3 aromatic rings. The Labute approximate surface area is 307 Å². The summed E-state index contributed by atoms with van der Waals surface area (Å²) < 4.78 is 0. The van der Waals surface area contributed by atoms with E-state index in [4.69, 9.17) is 9.97 Å². The zero-order valence-electron chi connectivity index (χ0n) is 30.9. The number of carboxylic acid groups (broad SMARTS) is 1. The Hall–Kier alpha value is -3.85. The molecule has 1 saturated heterocycles. The van der Waals surface area contributed by atoms with Crippen LogP contribution in [0.2, 0.25) is 0 Å². The predicted molar refractivity (Wildman–Crippen MR) is 203 cm³/mol. The zero-order chi connectivity index (χ0) is 36.3. The van der Waals surface area contributed by atoms with Gasteiger partial charge in [0.25, 0.3) is 5.91 Å². The highest BCUT2D eigenvalue weighted by atomic mass is 32.1. The van der Waals surface area contributed by atoms with E-state index in [1.54, 1.807) is 6.07 Å². The number of hydrogen-bond acceptors (Lipinski definition) is 6. The van der Waals surface area contributed by atoms with Gasteiger partial charge in [0, 0.05) is 47.9 Å². The van der Waals surface area contributed by atoms with E-state index in [0.29, 0.717) is 16.6 Å². The maximum atomic E-state index is 13.5. The summed E-state index contributed by atoms with van der Waals surface area (Å²) in [4.78, 5) is 50.9. The van der Waals surface area contributed by atoms with Crippen molar-refractivity contribution in [2.45, 2.75) is 104 Å². The molecule has 1 saturated carbocycles. The largest absolute Gasteiger partial charge is 0.481 e. The third-order valence-electron chi connectivity index (χ3n) is 11.4. The van der Waals surface area contributed by atoms with E-state index in [2.05, 4.69) is 46.0 Å². The monoisotopic (exact) mass is 710 g/mol. The summed E-state index contributed by atoms with van der Waals surface area (Å²) in [6, 6.07) is 10.7. The van der Waals surface area contributed by atoms with Crippen molar-refractivity contribution < 1.29 is 19.5 Å². The number of nitrogens with one attached hydrogen (secondary N) is 1. The number of likely N-dealkylation sites (tertiary alicyclic amines) is 1. The molecule has 3 atom stereocenters. The fourth-order valence-corrected chi connectivity index (χ4v) is 9.25. The molecule has 3 heterocycles. The van der Waals surface area contributed by atoms with Crippen molar-refractivity contribution in [3.63, 3.8) is 0 Å². The number of thiophene rings is 1. The van der Waals surface area contributed by atoms with E-state index in [9.17, 15) is 19.5 Å². The Morgan fingerprint density at radius 1 is 0.961 bits per heavy atom. The lowest BCUT2D eigenvalue weighted by atomic mass is 9.68. The quantitative estimate of drug-likeness (QED) is 0.207. The summed E-state index contributed by atoms with van der Waals surface area (Å²) in [5, 5.41) is 12.3. The first-order valence-electron chi connectivity index (χ1n) is 18.9. The Bertz CT molecular complexity index is 1710. The summed E-state index contributed by atoms with van der Waals surface area (Å²) in [6.07, 6.45) is 17.3. The van der Waals surface area contributed by atoms with Crippen LogP contribution in [0, 0.1) is 29.6 Å². The summed E-state index contributed by atoms with van der Waals surface area (Å²) >= 11 is 1.42. The van der Waals surface area contributed by atoms with Gasteiger partial charge in [-0.3, -0.25) is 14.4 Å². The highest BCUT2D eigenvalue weighted by molar-refractivity contribution is 7.14. The molecule has 3 unspecified atom stereocenters. The Morgan fingerprint density at radius 3 is 2.24 bits per heavy atom. The van der Waals surface area contributed by atoms with E-state index >= 15 is 0 Å². The van der Waals surface area contributed by atoms with Crippen LogP contribution in [0.1, 0.15) is 112 Å². The molecule has 6 rings (SSSR count). The summed E-state index contributed by atoms with van der Waals surface area (Å²) in [7, 11) is 0. The van der Waals surface area contributed by atoms with Crippen LogP contribution in [0.5, 0.6) is 0 Å². The van der Waals surface area contributed by atoms with Gasteiger partial charge in [-0.15, -0.1) is 11.3 Å². The maximum Gasteiger partial charge on any atom is 0.310 e. The van der Waals surface area contributed by atoms with Crippen LogP contribution in [-0.2, 0) is 21.4 Å². The number of carboxylic acids is 1. The standard InChI is InChI=1S/C42H54N4O4S/c1-6-7-27-8-12-29(13-9-27)31-16-17-34(26(2)20-31)32-22-43-38(44-23-32)30-14-10-28(11-15-30)21-35(40(48)46-24-33(25-46)41(49)50)45-39(47)36-18-19-37(51-36)42(3,4)5/h10-11,14-15,17-19,22-23,26-27,29,31,33,35H,6-9,12-13,16,20-21,24-25H2,1-5H3,(H,45,47)(H,49,50). The molecule has 0 radical (unpaired) electrons. The average Bonchev–Trinajstić information content (AvgIpc) is 3.60. The van der Waals surface area contributed by atoms with E-state index in [1.165, 1.54) is 66.8 Å². The van der Waals surface area contributed by atoms with Crippen molar-refractivity contribution >= 4 is 34.7 Å². The molecular weight excluding hydrogens is 657 g/mol. The first-order chi connectivity index (χ1) is 24.4. The van der Waals surface area contributed by atoms with Crippen molar-refractivity contribution in [1.82, 2.24) is 20.2 Å². The van der Waals surface area contributed by atoms with Gasteiger partial charge >= 0.3 is 5.97 Å². The second-order valence-electron chi connectivity index (χ2n) is 16.3. The maximum absolute atomic E-state index is 13.5. The Morgan fingerprint density at radius 2 is 1.65 bits per heavy atom. The number of hydrogen-bond donors (Lipinski definition) is 2. The lowest BCUT2D eigenvalue weighted by Gasteiger charge is -2.38. The van der Waals surface area contributed by atoms with Gasteiger partial charge in [-0.1, -0.05) is 90.6 Å². The highest BCUT2D eigenvalue weighted by Crippen LogP contribution is 2.44. The molecule has 2 aromatic heterocycles. The number of aromatic nitrogens is 2. The molecule has 2 amide bonds. The molecule has 2 N–H and O–H groups in total. The van der Waals surface area contributed by atoms with E-state index in [0.717, 1.165) is 45.7 Å². The summed E-state index contributed by atoms with van der Waals surface area (Å²) in [6.45, 7) is 11.3. The number of carbonyl (C=O) groups excluding carboxylic acids is 2. The highest BCUT2D eigenvalue weighted by Gasteiger charge is 2.39. The van der Waals surface area contributed by atoms with Gasteiger partial charge in [0.15, 0.2) is 5.82 Å². The lowest BCUT2D eigenvalue weighted by Crippen LogP contribution is -2.59. The molecule has 1 aromatic carbocycles. The second kappa shape index (κ2) is 15.8. The SMILES string of the molecule is CCCC1CCC(C2CC=C(c3cnc(-c4ccc(CC(NC(=O)c5ccc(C(C)(C)C)s5)C(=O)N5CC(C(=O)O)C5)cc4)nc3)C(C)C2)CC1. The second-order valence-corrected chi connectivity index (χ2v) is 17.4. The van der Waals surface area contributed by atoms with Crippen LogP contribution in [0.15, 0.2) is 54.9 Å². The number of rotatable bonds is 11. The minimum Gasteiger partial charge on any atom is -0.481 e. The van der Waals surface area contributed by atoms with Crippen LogP contribution in [0.4, 0.5) is 0 Å². The van der Waals surface area contributed by atoms with Crippen molar-refractivity contribution in [3.05, 3.63) is 75.7 Å². The molecule has 3 aliphatic rings. The normalized spacial score (nSPS) is 23.2. The molecule has 2 fully saturated rings. The number of carbonyl (C=O) groups is 3. The number of aliphatic carboxylic acids is 1. The minimum atomic E-state index is -0.910. The zero-order valence-corrected chi connectivity index (χ0v) is 31.7. The van der Waals surface area contributed by atoms with Crippen molar-refractivity contribution in [2.75, 3.05) is 13.1 Å². The van der Waals surface area contributed by atoms with Crippen LogP contribution in [-0.4, -0.2) is 56.9 Å². The van der Waals surface area contributed by atoms with Gasteiger partial charge in [-0.05, 0) is 78.0 Å². The minimum absolute atomic E-state index is 0.0878. The first-order valence-corrected chi connectivity index (χ1v) is 19.8. The Kier molecular flexibility index (Phi) is 11.4. The molecular formula is C42H54N4O4S. The average molecular weight is 711 g/mol. The number of allylic oxidation sites excluding steroid dienone is 2. The van der Waals surface area contributed by atoms with Crippen LogP contribution >= 0.6 is 11.3 Å². The fourth-order valence-electron chi connectivity index (χ4n) is 8.28. The Balaban J connectivity index is 1.09. The molecule has 9 heteroatoms. The lowest BCUT2D eigenvalue weighted by molar-refractivity contribution is -0.153. The summed E-state index contributed by atoms with van der Waals surface area (Å²) in [5.74, 6) is 1.69. The smallest absolute Gasteiger partial charge is 0.310 e. The number of benzene rings is 1. The molecule has 8 nitrogen and oxygen atoms in total. The fraction of sp³-hybridized carbons (Fsp3) is 0.548. The molecule has 0 bridgehead atoms. The van der Waals surface area contributed by atoms with Crippen molar-refractivity contribution in [3.8, 4) is 11.4 Å². The topological polar surface area (TPSA) is 112 Å². The number of amides is 2. The third-order valence-corrected chi connectivity index (χ3v) is 12.9. The van der Waals surface area contributed by atoms with Crippen molar-refractivity contribution in [2.24, 2.45) is 29.6 Å². The molecule has 1 aliphatic heterocycles. The van der Waals surface area contributed by atoms with Crippen LogP contribution in [0.25, 0.3) is 17.0 Å². The van der Waals surface area contributed by atoms with E-state index < -0.39 is 17.9 Å². The molecule has 272 valence electrons. The van der Waals surface area contributed by atoms with E-state index in [1.807, 2.05) is 42.7 Å². The van der Waals surface area contributed by atoms with Crippen molar-refractivity contribution in [1.29, 1.82) is 0 Å². The van der Waals surface area contributed by atoms with E-state index in [-0.39, 0.29) is 36.7 Å². The first kappa shape index (κ1) is 36.9. The van der Waals surface area contributed by atoms with Gasteiger partial charge < -0.3 is 15.3 Å². The van der Waals surface area contributed by atoms with Gasteiger partial charge in [0.2, 0.25) is 5.91 Å². The molecule has 51 heavy (non-hydrogen) atoms. The van der Waals surface area contributed by atoms with Gasteiger partial charge in [-0.2, -0.15) is 0 Å². The van der Waals surface area contributed by atoms with Gasteiger partial charge in [0.1, 0.15) is 6.04 Å². The molecule has 0 spiro atoms. The third kappa shape index (κ3) is 8.79. The van der Waals surface area contributed by atoms with Crippen LogP contribution < -0.4 is 5.32 Å². The number of nitrogens with zero attached hydrogens (tertiary/aromatic N) is 3. The molecule has 2 aliphatic carbocycles. The van der Waals surface area contributed by atoms with Gasteiger partial charge in [0.05, 0.1) is 10.8 Å². The predicted octanol–water partition coefficient (Wildman–Crippen LogP) is 8.42. The summed E-state index contributed by atoms with van der Waals surface area (Å²) in [5.41, 5.74) is 4.12. The van der Waals surface area contributed by atoms with Gasteiger partial charge in [-0.25, -0.2) is 9.97 Å².